The fraction of sp³-hybridized carbons (Fsp3) is 0.562. The minimum absolute atomic E-state index is 0.0124. The van der Waals surface area contributed by atoms with Crippen LogP contribution in [0.4, 0.5) is 0 Å². The van der Waals surface area contributed by atoms with E-state index in [0.717, 1.165) is 61.3 Å². The molecule has 0 bridgehead atoms. The zero-order chi connectivity index (χ0) is 13.9. The monoisotopic (exact) mass is 275 g/mol. The summed E-state index contributed by atoms with van der Waals surface area (Å²) in [6.07, 6.45) is 4.98. The van der Waals surface area contributed by atoms with Gasteiger partial charge in [0.25, 0.3) is 5.91 Å². The Balaban J connectivity index is 1.83. The first-order valence-corrected chi connectivity index (χ1v) is 7.53. The molecule has 0 radical (unpaired) electrons. The van der Waals surface area contributed by atoms with Crippen LogP contribution in [0.5, 0.6) is 11.5 Å². The molecule has 0 saturated carbocycles. The third kappa shape index (κ3) is 2.35. The lowest BCUT2D eigenvalue weighted by Crippen LogP contribution is -2.26. The Morgan fingerprint density at radius 3 is 2.95 bits per heavy atom. The Morgan fingerprint density at radius 2 is 2.10 bits per heavy atom. The maximum atomic E-state index is 12.5. The maximum absolute atomic E-state index is 12.5. The van der Waals surface area contributed by atoms with E-state index in [1.54, 1.807) is 0 Å². The van der Waals surface area contributed by atoms with Crippen molar-refractivity contribution in [1.82, 2.24) is 5.32 Å². The van der Waals surface area contributed by atoms with E-state index in [9.17, 15) is 4.79 Å². The van der Waals surface area contributed by atoms with E-state index in [2.05, 4.69) is 12.2 Å². The lowest BCUT2D eigenvalue weighted by atomic mass is 9.99. The molecule has 0 spiro atoms. The van der Waals surface area contributed by atoms with Crippen LogP contribution in [0.15, 0.2) is 6.07 Å². The topological polar surface area (TPSA) is 47.6 Å². The highest BCUT2D eigenvalue weighted by Gasteiger charge is 2.29. The SMILES string of the molecule is CCCCCNC(=O)c1c2c(cc3c1OCC3)OCC2. The fourth-order valence-corrected chi connectivity index (χ4v) is 2.89. The lowest BCUT2D eigenvalue weighted by Gasteiger charge is -2.13. The van der Waals surface area contributed by atoms with Crippen LogP contribution in [0, 0.1) is 0 Å². The first-order valence-electron chi connectivity index (χ1n) is 7.53. The van der Waals surface area contributed by atoms with E-state index < -0.39 is 0 Å². The van der Waals surface area contributed by atoms with Gasteiger partial charge in [0, 0.05) is 30.5 Å². The summed E-state index contributed by atoms with van der Waals surface area (Å²) in [5.41, 5.74) is 2.83. The molecule has 3 rings (SSSR count). The molecule has 1 aromatic rings. The summed E-state index contributed by atoms with van der Waals surface area (Å²) in [6, 6.07) is 2.04. The second kappa shape index (κ2) is 5.73. The number of benzene rings is 1. The third-order valence-electron chi connectivity index (χ3n) is 3.94. The molecule has 0 aromatic heterocycles. The summed E-state index contributed by atoms with van der Waals surface area (Å²) >= 11 is 0. The molecule has 2 aliphatic rings. The van der Waals surface area contributed by atoms with Gasteiger partial charge in [-0.25, -0.2) is 0 Å². The van der Waals surface area contributed by atoms with Crippen molar-refractivity contribution in [3.63, 3.8) is 0 Å². The highest BCUT2D eigenvalue weighted by molar-refractivity contribution is 6.00. The van der Waals surface area contributed by atoms with Gasteiger partial charge in [-0.2, -0.15) is 0 Å². The third-order valence-corrected chi connectivity index (χ3v) is 3.94. The van der Waals surface area contributed by atoms with Gasteiger partial charge in [0.2, 0.25) is 0 Å². The normalized spacial score (nSPS) is 15.2. The van der Waals surface area contributed by atoms with E-state index in [0.29, 0.717) is 18.8 Å². The van der Waals surface area contributed by atoms with Crippen LogP contribution in [0.25, 0.3) is 0 Å². The zero-order valence-electron chi connectivity index (χ0n) is 12.0. The van der Waals surface area contributed by atoms with Crippen molar-refractivity contribution in [1.29, 1.82) is 0 Å². The number of fused-ring (bicyclic) bond motifs is 2. The summed E-state index contributed by atoms with van der Waals surface area (Å²) in [7, 11) is 0. The molecule has 0 saturated heterocycles. The second-order valence-corrected chi connectivity index (χ2v) is 5.38. The molecule has 0 unspecified atom stereocenters. The molecular weight excluding hydrogens is 254 g/mol. The Labute approximate surface area is 119 Å². The Bertz CT molecular complexity index is 493. The summed E-state index contributed by atoms with van der Waals surface area (Å²) in [5.74, 6) is 1.64. The molecule has 2 aliphatic heterocycles. The summed E-state index contributed by atoms with van der Waals surface area (Å²) in [6.45, 7) is 4.21. The van der Waals surface area contributed by atoms with Crippen LogP contribution in [0.1, 0.15) is 47.7 Å². The van der Waals surface area contributed by atoms with Crippen LogP contribution in [0.3, 0.4) is 0 Å². The number of rotatable bonds is 5. The first-order chi connectivity index (χ1) is 9.81. The van der Waals surface area contributed by atoms with Crippen molar-refractivity contribution in [3.8, 4) is 11.5 Å². The molecule has 0 fully saturated rings. The standard InChI is InChI=1S/C16H21NO3/c1-2-3-4-7-17-16(18)14-12-6-9-19-13(12)10-11-5-8-20-15(11)14/h10H,2-9H2,1H3,(H,17,18). The van der Waals surface area contributed by atoms with Gasteiger partial charge in [-0.3, -0.25) is 4.79 Å². The van der Waals surface area contributed by atoms with E-state index in [1.165, 1.54) is 0 Å². The number of hydrogen-bond acceptors (Lipinski definition) is 3. The first kappa shape index (κ1) is 13.3. The van der Waals surface area contributed by atoms with E-state index in [4.69, 9.17) is 9.47 Å². The molecule has 1 aromatic carbocycles. The molecule has 1 amide bonds. The molecule has 20 heavy (non-hydrogen) atoms. The average Bonchev–Trinajstić information content (AvgIpc) is 3.08. The van der Waals surface area contributed by atoms with Gasteiger partial charge in [-0.05, 0) is 12.5 Å². The summed E-state index contributed by atoms with van der Waals surface area (Å²) in [5, 5.41) is 3.02. The maximum Gasteiger partial charge on any atom is 0.255 e. The molecule has 2 heterocycles. The quantitative estimate of drug-likeness (QED) is 0.840. The van der Waals surface area contributed by atoms with Crippen LogP contribution in [-0.2, 0) is 12.8 Å². The van der Waals surface area contributed by atoms with Gasteiger partial charge in [-0.1, -0.05) is 19.8 Å². The van der Waals surface area contributed by atoms with Gasteiger partial charge >= 0.3 is 0 Å². The Hall–Kier alpha value is -1.71. The fourth-order valence-electron chi connectivity index (χ4n) is 2.89. The van der Waals surface area contributed by atoms with Gasteiger partial charge in [0.1, 0.15) is 11.5 Å². The second-order valence-electron chi connectivity index (χ2n) is 5.38. The minimum atomic E-state index is -0.0124. The van der Waals surface area contributed by atoms with Crippen molar-refractivity contribution in [3.05, 3.63) is 22.8 Å². The van der Waals surface area contributed by atoms with Crippen molar-refractivity contribution >= 4 is 5.91 Å². The number of carbonyl (C=O) groups excluding carboxylic acids is 1. The molecular formula is C16H21NO3. The number of carbonyl (C=O) groups is 1. The minimum Gasteiger partial charge on any atom is -0.493 e. The van der Waals surface area contributed by atoms with Crippen LogP contribution >= 0.6 is 0 Å². The number of nitrogens with one attached hydrogen (secondary N) is 1. The Kier molecular flexibility index (Phi) is 3.81. The molecule has 4 heteroatoms. The number of hydrogen-bond donors (Lipinski definition) is 1. The zero-order valence-corrected chi connectivity index (χ0v) is 12.0. The lowest BCUT2D eigenvalue weighted by molar-refractivity contribution is 0.0949. The predicted octanol–water partition coefficient (Wildman–Crippen LogP) is 2.48. The van der Waals surface area contributed by atoms with Crippen molar-refractivity contribution < 1.29 is 14.3 Å². The van der Waals surface area contributed by atoms with E-state index in [1.807, 2.05) is 6.07 Å². The smallest absolute Gasteiger partial charge is 0.255 e. The number of unbranched alkanes of at least 4 members (excludes halogenated alkanes) is 2. The average molecular weight is 275 g/mol. The highest BCUT2D eigenvalue weighted by Crippen LogP contribution is 2.40. The van der Waals surface area contributed by atoms with Crippen LogP contribution < -0.4 is 14.8 Å². The van der Waals surface area contributed by atoms with Crippen molar-refractivity contribution in [2.75, 3.05) is 19.8 Å². The molecule has 0 atom stereocenters. The number of amides is 1. The van der Waals surface area contributed by atoms with Gasteiger partial charge < -0.3 is 14.8 Å². The van der Waals surface area contributed by atoms with Crippen molar-refractivity contribution in [2.24, 2.45) is 0 Å². The number of ether oxygens (including phenoxy) is 2. The van der Waals surface area contributed by atoms with Crippen molar-refractivity contribution in [2.45, 2.75) is 39.0 Å². The predicted molar refractivity (Wildman–Crippen MR) is 76.7 cm³/mol. The van der Waals surface area contributed by atoms with Gasteiger partial charge in [-0.15, -0.1) is 0 Å². The summed E-state index contributed by atoms with van der Waals surface area (Å²) in [4.78, 5) is 12.5. The molecule has 1 N–H and O–H groups in total. The molecule has 108 valence electrons. The van der Waals surface area contributed by atoms with E-state index in [-0.39, 0.29) is 5.91 Å². The van der Waals surface area contributed by atoms with E-state index >= 15 is 0 Å². The highest BCUT2D eigenvalue weighted by atomic mass is 16.5. The summed E-state index contributed by atoms with van der Waals surface area (Å²) < 4.78 is 11.3. The van der Waals surface area contributed by atoms with Gasteiger partial charge in [0.15, 0.2) is 0 Å². The Morgan fingerprint density at radius 1 is 1.25 bits per heavy atom. The molecule has 0 aliphatic carbocycles. The van der Waals surface area contributed by atoms with Crippen LogP contribution in [-0.4, -0.2) is 25.7 Å². The molecule has 4 nitrogen and oxygen atoms in total. The van der Waals surface area contributed by atoms with Crippen LogP contribution in [0.2, 0.25) is 0 Å². The van der Waals surface area contributed by atoms with Gasteiger partial charge in [0.05, 0.1) is 18.8 Å². The largest absolute Gasteiger partial charge is 0.493 e.